The van der Waals surface area contributed by atoms with Crippen LogP contribution in [-0.2, 0) is 19.6 Å². The van der Waals surface area contributed by atoms with Gasteiger partial charge in [0.15, 0.2) is 0 Å². The zero-order chi connectivity index (χ0) is 23.7. The van der Waals surface area contributed by atoms with Crippen LogP contribution in [0, 0.1) is 20.8 Å². The summed E-state index contributed by atoms with van der Waals surface area (Å²) in [6.07, 6.45) is 0.865. The molecule has 0 saturated heterocycles. The van der Waals surface area contributed by atoms with Gasteiger partial charge >= 0.3 is 5.97 Å². The van der Waals surface area contributed by atoms with Crippen LogP contribution in [-0.4, -0.2) is 20.6 Å². The number of carboxylic acids is 1. The lowest BCUT2D eigenvalue weighted by atomic mass is 10.0. The van der Waals surface area contributed by atoms with Crippen LogP contribution in [0.25, 0.3) is 11.0 Å². The number of imidazole rings is 1. The van der Waals surface area contributed by atoms with Gasteiger partial charge in [-0.2, -0.15) is 0 Å². The third-order valence-electron chi connectivity index (χ3n) is 6.08. The molecule has 3 aromatic carbocycles. The monoisotopic (exact) mass is 462 g/mol. The summed E-state index contributed by atoms with van der Waals surface area (Å²) in [5.74, 6) is 0.727. The molecule has 33 heavy (non-hydrogen) atoms. The van der Waals surface area contributed by atoms with Gasteiger partial charge in [0, 0.05) is 18.5 Å². The van der Waals surface area contributed by atoms with Gasteiger partial charge in [-0.05, 0) is 61.2 Å². The number of aromatic nitrogens is 2. The Morgan fingerprint density at radius 1 is 1.09 bits per heavy atom. The minimum Gasteiger partial charge on any atom is -0.489 e. The van der Waals surface area contributed by atoms with E-state index in [1.165, 1.54) is 28.3 Å². The first-order valence-corrected chi connectivity index (χ1v) is 11.4. The van der Waals surface area contributed by atoms with Crippen molar-refractivity contribution < 1.29 is 14.6 Å². The summed E-state index contributed by atoms with van der Waals surface area (Å²) in [5, 5.41) is 9.44. The van der Waals surface area contributed by atoms with Gasteiger partial charge in [-0.15, -0.1) is 0 Å². The number of nitrogens with zero attached hydrogens (tertiary/aromatic N) is 2. The molecule has 0 radical (unpaired) electrons. The van der Waals surface area contributed by atoms with Gasteiger partial charge in [0.2, 0.25) is 0 Å². The van der Waals surface area contributed by atoms with E-state index in [1.807, 2.05) is 24.3 Å². The van der Waals surface area contributed by atoms with Crippen molar-refractivity contribution in [3.05, 3.63) is 92.8 Å². The molecule has 6 heteroatoms. The number of hydrogen-bond acceptors (Lipinski definition) is 3. The van der Waals surface area contributed by atoms with Gasteiger partial charge in [0.25, 0.3) is 0 Å². The fourth-order valence-electron chi connectivity index (χ4n) is 4.18. The smallest absolute Gasteiger partial charge is 0.337 e. The van der Waals surface area contributed by atoms with E-state index in [9.17, 15) is 9.90 Å². The second-order valence-electron chi connectivity index (χ2n) is 8.32. The Hall–Kier alpha value is -3.31. The zero-order valence-corrected chi connectivity index (χ0v) is 20.0. The van der Waals surface area contributed by atoms with E-state index in [0.29, 0.717) is 11.3 Å². The average molecular weight is 463 g/mol. The van der Waals surface area contributed by atoms with Gasteiger partial charge in [0.1, 0.15) is 18.2 Å². The third kappa shape index (κ3) is 4.46. The molecule has 4 aromatic rings. The number of rotatable bonds is 7. The number of hydrogen-bond donors (Lipinski definition) is 1. The second kappa shape index (κ2) is 9.28. The van der Waals surface area contributed by atoms with Crippen LogP contribution < -0.4 is 4.74 Å². The first-order chi connectivity index (χ1) is 15.8. The van der Waals surface area contributed by atoms with E-state index in [0.717, 1.165) is 29.9 Å². The maximum atomic E-state index is 11.3. The third-order valence-corrected chi connectivity index (χ3v) is 6.53. The molecule has 0 aliphatic rings. The number of benzene rings is 3. The minimum absolute atomic E-state index is 0.0770. The van der Waals surface area contributed by atoms with E-state index in [1.54, 1.807) is 12.1 Å². The molecule has 0 unspecified atom stereocenters. The highest BCUT2D eigenvalue weighted by Gasteiger charge is 2.16. The number of aromatic carboxylic acids is 1. The first kappa shape index (κ1) is 22.9. The molecule has 0 spiro atoms. The Kier molecular flexibility index (Phi) is 6.43. The summed E-state index contributed by atoms with van der Waals surface area (Å²) < 4.78 is 8.17. The molecular formula is C27H27ClN2O3. The van der Waals surface area contributed by atoms with Crippen LogP contribution >= 0.6 is 11.6 Å². The Morgan fingerprint density at radius 2 is 1.82 bits per heavy atom. The average Bonchev–Trinajstić information content (AvgIpc) is 3.16. The molecule has 0 amide bonds. The molecule has 0 fully saturated rings. The molecule has 0 saturated carbocycles. The minimum atomic E-state index is -1.05. The standard InChI is InChI=1S/C27H27ClN2O3/c1-5-23-29-25-18(4)16(2)13-17(3)26(25)30(23)14-19-9-11-21(12-10-19)33-15-20-7-6-8-22(24(20)28)27(31)32/h6-13H,5,14-15H2,1-4H3,(H,31,32). The van der Waals surface area contributed by atoms with E-state index in [2.05, 4.69) is 38.3 Å². The predicted molar refractivity (Wildman–Crippen MR) is 132 cm³/mol. The molecule has 5 nitrogen and oxygen atoms in total. The number of ether oxygens (including phenoxy) is 1. The summed E-state index contributed by atoms with van der Waals surface area (Å²) in [6, 6.07) is 15.1. The van der Waals surface area contributed by atoms with Crippen molar-refractivity contribution in [2.75, 3.05) is 0 Å². The summed E-state index contributed by atoms with van der Waals surface area (Å²) >= 11 is 6.22. The maximum Gasteiger partial charge on any atom is 0.337 e. The maximum absolute atomic E-state index is 11.3. The number of aryl methyl sites for hydroxylation is 4. The van der Waals surface area contributed by atoms with Crippen LogP contribution in [0.5, 0.6) is 5.75 Å². The van der Waals surface area contributed by atoms with E-state index in [4.69, 9.17) is 21.3 Å². The molecule has 0 aliphatic heterocycles. The normalized spacial score (nSPS) is 11.2. The van der Waals surface area contributed by atoms with Crippen LogP contribution in [0.3, 0.4) is 0 Å². The highest BCUT2D eigenvalue weighted by Crippen LogP contribution is 2.28. The lowest BCUT2D eigenvalue weighted by molar-refractivity contribution is 0.0697. The molecule has 170 valence electrons. The lowest BCUT2D eigenvalue weighted by Gasteiger charge is -2.13. The van der Waals surface area contributed by atoms with E-state index in [-0.39, 0.29) is 17.2 Å². The van der Waals surface area contributed by atoms with Gasteiger partial charge in [-0.1, -0.05) is 48.9 Å². The molecule has 1 N–H and O–H groups in total. The lowest BCUT2D eigenvalue weighted by Crippen LogP contribution is -2.05. The van der Waals surface area contributed by atoms with Crippen molar-refractivity contribution in [2.24, 2.45) is 0 Å². The molecular weight excluding hydrogens is 436 g/mol. The van der Waals surface area contributed by atoms with Crippen molar-refractivity contribution >= 4 is 28.6 Å². The molecule has 1 aromatic heterocycles. The van der Waals surface area contributed by atoms with Crippen molar-refractivity contribution in [3.63, 3.8) is 0 Å². The summed E-state index contributed by atoms with van der Waals surface area (Å²) in [5.41, 5.74) is 7.89. The summed E-state index contributed by atoms with van der Waals surface area (Å²) in [7, 11) is 0. The van der Waals surface area contributed by atoms with Crippen molar-refractivity contribution in [2.45, 2.75) is 47.3 Å². The Balaban J connectivity index is 1.54. The molecule has 1 heterocycles. The summed E-state index contributed by atoms with van der Waals surface area (Å²) in [4.78, 5) is 16.2. The number of fused-ring (bicyclic) bond motifs is 1. The topological polar surface area (TPSA) is 64.4 Å². The fraction of sp³-hybridized carbons (Fsp3) is 0.259. The molecule has 0 aliphatic carbocycles. The number of carbonyl (C=O) groups is 1. The number of halogens is 1. The van der Waals surface area contributed by atoms with Crippen molar-refractivity contribution in [1.29, 1.82) is 0 Å². The van der Waals surface area contributed by atoms with Crippen LogP contribution in [0.2, 0.25) is 5.02 Å². The van der Waals surface area contributed by atoms with Crippen molar-refractivity contribution in [3.8, 4) is 5.75 Å². The predicted octanol–water partition coefficient (Wildman–Crippen LogP) is 6.50. The quantitative estimate of drug-likeness (QED) is 0.340. The van der Waals surface area contributed by atoms with Gasteiger partial charge < -0.3 is 14.4 Å². The number of carboxylic acid groups (broad SMARTS) is 1. The van der Waals surface area contributed by atoms with Crippen molar-refractivity contribution in [1.82, 2.24) is 9.55 Å². The first-order valence-electron chi connectivity index (χ1n) is 11.0. The SMILES string of the molecule is CCc1nc2c(C)c(C)cc(C)c2n1Cc1ccc(OCc2cccc(C(=O)O)c2Cl)cc1. The molecule has 0 bridgehead atoms. The molecule has 0 atom stereocenters. The van der Waals surface area contributed by atoms with E-state index < -0.39 is 5.97 Å². The Labute approximate surface area is 198 Å². The van der Waals surface area contributed by atoms with Gasteiger partial charge in [-0.25, -0.2) is 9.78 Å². The highest BCUT2D eigenvalue weighted by atomic mass is 35.5. The Bertz CT molecular complexity index is 1340. The Morgan fingerprint density at radius 3 is 2.48 bits per heavy atom. The van der Waals surface area contributed by atoms with E-state index >= 15 is 0 Å². The summed E-state index contributed by atoms with van der Waals surface area (Å²) in [6.45, 7) is 9.48. The van der Waals surface area contributed by atoms with Crippen LogP contribution in [0.4, 0.5) is 0 Å². The zero-order valence-electron chi connectivity index (χ0n) is 19.3. The second-order valence-corrected chi connectivity index (χ2v) is 8.69. The highest BCUT2D eigenvalue weighted by molar-refractivity contribution is 6.34. The van der Waals surface area contributed by atoms with Gasteiger partial charge in [-0.3, -0.25) is 0 Å². The largest absolute Gasteiger partial charge is 0.489 e. The fourth-order valence-corrected chi connectivity index (χ4v) is 4.44. The molecule has 4 rings (SSSR count). The van der Waals surface area contributed by atoms with Gasteiger partial charge in [0.05, 0.1) is 21.6 Å². The van der Waals surface area contributed by atoms with Crippen LogP contribution in [0.1, 0.15) is 50.9 Å². The van der Waals surface area contributed by atoms with Crippen LogP contribution in [0.15, 0.2) is 48.5 Å².